The van der Waals surface area contributed by atoms with Crippen LogP contribution in [0.25, 0.3) is 11.1 Å². The first-order valence-corrected chi connectivity index (χ1v) is 9.52. The maximum Gasteiger partial charge on any atom is 0.312 e. The van der Waals surface area contributed by atoms with Gasteiger partial charge < -0.3 is 10.5 Å². The van der Waals surface area contributed by atoms with Gasteiger partial charge in [0.2, 0.25) is 6.10 Å². The van der Waals surface area contributed by atoms with Gasteiger partial charge in [-0.25, -0.2) is 5.48 Å². The lowest BCUT2D eigenvalue weighted by atomic mass is 9.97. The molecule has 0 aromatic carbocycles. The molecule has 2 aliphatic rings. The van der Waals surface area contributed by atoms with E-state index in [0.717, 1.165) is 40.8 Å². The zero-order valence-electron chi connectivity index (χ0n) is 17.5. The van der Waals surface area contributed by atoms with Gasteiger partial charge in [0.15, 0.2) is 0 Å². The van der Waals surface area contributed by atoms with E-state index in [-0.39, 0.29) is 0 Å². The highest BCUT2D eigenvalue weighted by Gasteiger charge is 2.31. The van der Waals surface area contributed by atoms with E-state index < -0.39 is 23.4 Å². The topological polar surface area (TPSA) is 90.7 Å². The third-order valence-corrected chi connectivity index (χ3v) is 4.76. The molecule has 0 radical (unpaired) electrons. The van der Waals surface area contributed by atoms with Crippen LogP contribution in [0, 0.1) is 5.41 Å². The molecule has 0 aromatic heterocycles. The molecule has 1 amide bonds. The van der Waals surface area contributed by atoms with Gasteiger partial charge in [-0.1, -0.05) is 38.1 Å². The number of nitrogen functional groups attached to an aromatic ring is 1. The molecule has 3 N–H and O–H groups in total. The second-order valence-corrected chi connectivity index (χ2v) is 7.78. The number of nitrogens with two attached hydrogens (primary N) is 1. The van der Waals surface area contributed by atoms with Crippen molar-refractivity contribution in [1.29, 1.82) is 0 Å². The van der Waals surface area contributed by atoms with Gasteiger partial charge in [0, 0.05) is 11.3 Å². The number of nitrogens with one attached hydrogen (secondary N) is 1. The van der Waals surface area contributed by atoms with Crippen molar-refractivity contribution in [1.82, 2.24) is 5.48 Å². The molecule has 28 heavy (non-hydrogen) atoms. The van der Waals surface area contributed by atoms with Crippen molar-refractivity contribution in [3.05, 3.63) is 41.0 Å². The first-order chi connectivity index (χ1) is 13.1. The number of anilines is 1. The predicted molar refractivity (Wildman–Crippen MR) is 110 cm³/mol. The van der Waals surface area contributed by atoms with Gasteiger partial charge in [-0.05, 0) is 55.9 Å². The second kappa shape index (κ2) is 8.61. The van der Waals surface area contributed by atoms with Crippen LogP contribution in [0.4, 0.5) is 5.69 Å². The highest BCUT2D eigenvalue weighted by Crippen LogP contribution is 2.39. The molecule has 2 rings (SSSR count). The quantitative estimate of drug-likeness (QED) is 0.582. The van der Waals surface area contributed by atoms with E-state index in [0.29, 0.717) is 5.56 Å². The normalized spacial score (nSPS) is 12.6. The van der Waals surface area contributed by atoms with Gasteiger partial charge in [0.1, 0.15) is 0 Å². The standard InChI is InChI=1S/C22H30N2O4/c1-7-14-16-11-9-13(10-12-17(16)15(8-2)18(14)23)19(20(25)24-27-6)28-21(26)22(3,4)5/h9-12,19H,7-8,23H2,1-6H3,(H,24,25). The lowest BCUT2D eigenvalue weighted by Crippen LogP contribution is -2.34. The van der Waals surface area contributed by atoms with E-state index in [4.69, 9.17) is 15.3 Å². The summed E-state index contributed by atoms with van der Waals surface area (Å²) in [7, 11) is 1.34. The second-order valence-electron chi connectivity index (χ2n) is 7.78. The summed E-state index contributed by atoms with van der Waals surface area (Å²) in [5, 5.41) is 0. The number of hydrogen-bond acceptors (Lipinski definition) is 5. The molecule has 6 heteroatoms. The van der Waals surface area contributed by atoms with Crippen LogP contribution >= 0.6 is 0 Å². The Bertz CT molecular complexity index is 798. The largest absolute Gasteiger partial charge is 0.447 e. The molecule has 0 aromatic rings. The molecule has 0 fully saturated rings. The Kier molecular flexibility index (Phi) is 6.67. The van der Waals surface area contributed by atoms with Crippen LogP contribution < -0.4 is 11.2 Å². The summed E-state index contributed by atoms with van der Waals surface area (Å²) >= 11 is 0. The third kappa shape index (κ3) is 4.28. The van der Waals surface area contributed by atoms with E-state index >= 15 is 0 Å². The number of hydrogen-bond donors (Lipinski definition) is 2. The van der Waals surface area contributed by atoms with Crippen molar-refractivity contribution >= 4 is 17.6 Å². The molecule has 1 unspecified atom stereocenters. The monoisotopic (exact) mass is 386 g/mol. The Balaban J connectivity index is 2.56. The summed E-state index contributed by atoms with van der Waals surface area (Å²) in [6.45, 7) is 9.36. The molecular formula is C22H30N2O4. The smallest absolute Gasteiger partial charge is 0.312 e. The Morgan fingerprint density at radius 3 is 1.93 bits per heavy atom. The van der Waals surface area contributed by atoms with E-state index in [1.54, 1.807) is 32.9 Å². The molecule has 152 valence electrons. The molecule has 0 heterocycles. The molecule has 2 aliphatic carbocycles. The first-order valence-electron chi connectivity index (χ1n) is 9.52. The molecule has 6 nitrogen and oxygen atoms in total. The average molecular weight is 386 g/mol. The fourth-order valence-corrected chi connectivity index (χ4v) is 3.24. The summed E-state index contributed by atoms with van der Waals surface area (Å²) in [6.07, 6.45) is 0.512. The summed E-state index contributed by atoms with van der Waals surface area (Å²) < 4.78 is 5.54. The summed E-state index contributed by atoms with van der Waals surface area (Å²) in [4.78, 5) is 29.7. The first kappa shape index (κ1) is 21.7. The summed E-state index contributed by atoms with van der Waals surface area (Å²) in [5.41, 5.74) is 13.5. The zero-order valence-corrected chi connectivity index (χ0v) is 17.5. The van der Waals surface area contributed by atoms with Crippen LogP contribution in [0.2, 0.25) is 0 Å². The van der Waals surface area contributed by atoms with E-state index in [1.165, 1.54) is 7.11 Å². The fourth-order valence-electron chi connectivity index (χ4n) is 3.24. The van der Waals surface area contributed by atoms with Crippen LogP contribution in [-0.2, 0) is 32.0 Å². The molecule has 0 spiro atoms. The SMILES string of the molecule is CCc1c2ccc(C(OC(=O)C(C)(C)C)C(=O)NOC)ccc-2c(CC)c1N. The van der Waals surface area contributed by atoms with Crippen molar-refractivity contribution in [2.24, 2.45) is 5.41 Å². The number of carbonyl (C=O) groups excluding carboxylic acids is 2. The average Bonchev–Trinajstić information content (AvgIpc) is 2.75. The maximum absolute atomic E-state index is 12.5. The number of amides is 1. The fraction of sp³-hybridized carbons (Fsp3) is 0.455. The summed E-state index contributed by atoms with van der Waals surface area (Å²) in [5.74, 6) is -1.01. The Hall–Kier alpha value is -2.60. The van der Waals surface area contributed by atoms with Gasteiger partial charge in [-0.3, -0.25) is 14.4 Å². The highest BCUT2D eigenvalue weighted by molar-refractivity contribution is 5.87. The van der Waals surface area contributed by atoms with E-state index in [9.17, 15) is 9.59 Å². The maximum atomic E-state index is 12.5. The molecule has 0 saturated heterocycles. The molecular weight excluding hydrogens is 356 g/mol. The number of hydroxylamine groups is 1. The minimum absolute atomic E-state index is 0.470. The number of rotatable bonds is 6. The van der Waals surface area contributed by atoms with Crippen molar-refractivity contribution in [2.45, 2.75) is 53.6 Å². The minimum Gasteiger partial charge on any atom is -0.447 e. The van der Waals surface area contributed by atoms with Crippen molar-refractivity contribution in [3.63, 3.8) is 0 Å². The minimum atomic E-state index is -1.12. The van der Waals surface area contributed by atoms with Gasteiger partial charge in [-0.15, -0.1) is 0 Å². The zero-order chi connectivity index (χ0) is 21.1. The van der Waals surface area contributed by atoms with Crippen LogP contribution in [0.3, 0.4) is 0 Å². The lowest BCUT2D eigenvalue weighted by molar-refractivity contribution is -0.167. The van der Waals surface area contributed by atoms with Gasteiger partial charge in [0.05, 0.1) is 12.5 Å². The molecule has 0 saturated carbocycles. The third-order valence-electron chi connectivity index (χ3n) is 4.76. The van der Waals surface area contributed by atoms with Crippen molar-refractivity contribution in [3.8, 4) is 11.1 Å². The van der Waals surface area contributed by atoms with Crippen LogP contribution in [0.1, 0.15) is 57.4 Å². The van der Waals surface area contributed by atoms with Gasteiger partial charge in [0.25, 0.3) is 5.91 Å². The van der Waals surface area contributed by atoms with Crippen LogP contribution in [-0.4, -0.2) is 19.0 Å². The number of carbonyl (C=O) groups is 2. The molecule has 0 bridgehead atoms. The van der Waals surface area contributed by atoms with Crippen molar-refractivity contribution in [2.75, 3.05) is 12.8 Å². The van der Waals surface area contributed by atoms with Crippen LogP contribution in [0.15, 0.2) is 24.3 Å². The number of fused-ring (bicyclic) bond motifs is 1. The molecule has 1 atom stereocenters. The summed E-state index contributed by atoms with van der Waals surface area (Å²) in [6, 6.07) is 7.49. The lowest BCUT2D eigenvalue weighted by Gasteiger charge is -2.22. The Morgan fingerprint density at radius 2 is 1.54 bits per heavy atom. The van der Waals surface area contributed by atoms with Gasteiger partial charge >= 0.3 is 5.97 Å². The molecule has 0 aliphatic heterocycles. The number of esters is 1. The Labute approximate surface area is 166 Å². The van der Waals surface area contributed by atoms with E-state index in [2.05, 4.69) is 19.3 Å². The predicted octanol–water partition coefficient (Wildman–Crippen LogP) is 3.81. The van der Waals surface area contributed by atoms with E-state index in [1.807, 2.05) is 12.1 Å². The number of ether oxygens (including phenoxy) is 1. The highest BCUT2D eigenvalue weighted by atomic mass is 16.6. The Morgan fingerprint density at radius 1 is 1.04 bits per heavy atom. The van der Waals surface area contributed by atoms with Crippen molar-refractivity contribution < 1.29 is 19.2 Å². The van der Waals surface area contributed by atoms with Gasteiger partial charge in [-0.2, -0.15) is 0 Å². The van der Waals surface area contributed by atoms with Crippen LogP contribution in [0.5, 0.6) is 0 Å².